The first-order chi connectivity index (χ1) is 13.2. The van der Waals surface area contributed by atoms with Crippen LogP contribution >= 0.6 is 0 Å². The number of ether oxygens (including phenoxy) is 2. The summed E-state index contributed by atoms with van der Waals surface area (Å²) in [5.41, 5.74) is 0. The Kier molecular flexibility index (Phi) is 6.32. The third-order valence-corrected chi connectivity index (χ3v) is 8.83. The molecule has 0 N–H and O–H groups in total. The lowest BCUT2D eigenvalue weighted by atomic mass is 10.3. The van der Waals surface area contributed by atoms with Gasteiger partial charge in [0.05, 0.1) is 19.3 Å². The van der Waals surface area contributed by atoms with E-state index in [4.69, 9.17) is 9.47 Å². The molecule has 1 aromatic carbocycles. The lowest BCUT2D eigenvalue weighted by Crippen LogP contribution is -2.57. The van der Waals surface area contributed by atoms with Gasteiger partial charge in [0.1, 0.15) is 10.6 Å². The second kappa shape index (κ2) is 8.25. The molecule has 2 saturated heterocycles. The Balaban J connectivity index is 1.72. The van der Waals surface area contributed by atoms with Crippen LogP contribution in [0, 0.1) is 0 Å². The molecule has 1 aromatic rings. The summed E-state index contributed by atoms with van der Waals surface area (Å²) >= 11 is 0. The van der Waals surface area contributed by atoms with E-state index in [2.05, 4.69) is 0 Å². The lowest BCUT2D eigenvalue weighted by molar-refractivity contribution is -0.0456. The molecule has 2 atom stereocenters. The number of rotatable bonds is 5. The maximum Gasteiger partial charge on any atom is 0.282 e. The Hall–Kier alpha value is -1.24. The van der Waals surface area contributed by atoms with Crippen molar-refractivity contribution in [1.82, 2.24) is 12.9 Å². The molecule has 158 valence electrons. The highest BCUT2D eigenvalue weighted by molar-refractivity contribution is 7.89. The summed E-state index contributed by atoms with van der Waals surface area (Å²) in [5, 5.41) is 0. The van der Waals surface area contributed by atoms with Gasteiger partial charge < -0.3 is 9.47 Å². The normalized spacial score (nSPS) is 26.2. The quantitative estimate of drug-likeness (QED) is 0.665. The second-order valence-electron chi connectivity index (χ2n) is 7.04. The Labute approximate surface area is 167 Å². The molecule has 11 heteroatoms. The van der Waals surface area contributed by atoms with Crippen molar-refractivity contribution in [3.8, 4) is 5.75 Å². The largest absolute Gasteiger partial charge is 0.495 e. The molecule has 2 unspecified atom stereocenters. The van der Waals surface area contributed by atoms with Gasteiger partial charge in [0.15, 0.2) is 0 Å². The molecular weight excluding hydrogens is 406 g/mol. The number of para-hydroxylation sites is 1. The molecule has 0 aliphatic carbocycles. The van der Waals surface area contributed by atoms with Crippen molar-refractivity contribution in [3.05, 3.63) is 24.3 Å². The number of nitrogens with zero attached hydrogens (tertiary/aromatic N) is 3. The highest BCUT2D eigenvalue weighted by atomic mass is 32.2. The fourth-order valence-corrected chi connectivity index (χ4v) is 6.92. The zero-order valence-corrected chi connectivity index (χ0v) is 17.9. The molecular formula is C17H27N3O6S2. The van der Waals surface area contributed by atoms with Gasteiger partial charge in [0, 0.05) is 39.3 Å². The van der Waals surface area contributed by atoms with E-state index in [-0.39, 0.29) is 49.0 Å². The monoisotopic (exact) mass is 433 g/mol. The van der Waals surface area contributed by atoms with Crippen molar-refractivity contribution >= 4 is 20.2 Å². The van der Waals surface area contributed by atoms with Crippen molar-refractivity contribution in [1.29, 1.82) is 0 Å². The smallest absolute Gasteiger partial charge is 0.282 e. The van der Waals surface area contributed by atoms with Gasteiger partial charge in [-0.05, 0) is 26.0 Å². The van der Waals surface area contributed by atoms with Gasteiger partial charge in [-0.3, -0.25) is 0 Å². The summed E-state index contributed by atoms with van der Waals surface area (Å²) in [6.45, 7) is 4.68. The maximum atomic E-state index is 13.0. The topological polar surface area (TPSA) is 96.5 Å². The van der Waals surface area contributed by atoms with Crippen LogP contribution in [0.3, 0.4) is 0 Å². The van der Waals surface area contributed by atoms with E-state index < -0.39 is 20.2 Å². The summed E-state index contributed by atoms with van der Waals surface area (Å²) in [5.74, 6) is 0.272. The molecule has 0 saturated carbocycles. The molecule has 2 heterocycles. The number of hydrogen-bond acceptors (Lipinski definition) is 6. The molecule has 2 aliphatic rings. The molecule has 3 rings (SSSR count). The minimum absolute atomic E-state index is 0.0876. The highest BCUT2D eigenvalue weighted by Gasteiger charge is 2.39. The van der Waals surface area contributed by atoms with Crippen LogP contribution in [-0.2, 0) is 25.0 Å². The molecule has 9 nitrogen and oxygen atoms in total. The van der Waals surface area contributed by atoms with Gasteiger partial charge in [0.2, 0.25) is 10.0 Å². The van der Waals surface area contributed by atoms with Crippen LogP contribution in [-0.4, -0.2) is 88.3 Å². The third kappa shape index (κ3) is 4.19. The summed E-state index contributed by atoms with van der Waals surface area (Å²) < 4.78 is 66.7. The van der Waals surface area contributed by atoms with Crippen LogP contribution in [0.4, 0.5) is 0 Å². The average Bonchev–Trinajstić information content (AvgIpc) is 2.67. The highest BCUT2D eigenvalue weighted by Crippen LogP contribution is 2.27. The first-order valence-corrected chi connectivity index (χ1v) is 12.0. The molecule has 2 fully saturated rings. The van der Waals surface area contributed by atoms with Gasteiger partial charge >= 0.3 is 0 Å². The minimum atomic E-state index is -3.76. The van der Waals surface area contributed by atoms with E-state index in [0.717, 1.165) is 0 Å². The molecule has 0 amide bonds. The van der Waals surface area contributed by atoms with E-state index in [1.807, 2.05) is 13.8 Å². The minimum Gasteiger partial charge on any atom is -0.495 e. The van der Waals surface area contributed by atoms with Crippen molar-refractivity contribution in [3.63, 3.8) is 0 Å². The third-order valence-electron chi connectivity index (χ3n) is 4.92. The zero-order chi connectivity index (χ0) is 20.5. The van der Waals surface area contributed by atoms with E-state index in [1.54, 1.807) is 18.2 Å². The number of methoxy groups -OCH3 is 1. The van der Waals surface area contributed by atoms with Crippen LogP contribution in [0.1, 0.15) is 13.8 Å². The Bertz CT molecular complexity index is 887. The summed E-state index contributed by atoms with van der Waals surface area (Å²) in [7, 11) is -6.00. The predicted octanol–water partition coefficient (Wildman–Crippen LogP) is 0.356. The molecule has 0 spiro atoms. The molecule has 2 aliphatic heterocycles. The number of piperazine rings is 1. The number of benzene rings is 1. The van der Waals surface area contributed by atoms with Crippen molar-refractivity contribution in [2.75, 3.05) is 46.4 Å². The molecule has 0 radical (unpaired) electrons. The first-order valence-electron chi connectivity index (χ1n) is 9.20. The summed E-state index contributed by atoms with van der Waals surface area (Å²) in [4.78, 5) is 0.0876. The summed E-state index contributed by atoms with van der Waals surface area (Å²) in [6, 6.07) is 6.42. The number of sulfonamides is 1. The molecule has 28 heavy (non-hydrogen) atoms. The van der Waals surface area contributed by atoms with Crippen LogP contribution < -0.4 is 4.74 Å². The van der Waals surface area contributed by atoms with E-state index in [1.165, 1.54) is 26.1 Å². The van der Waals surface area contributed by atoms with Gasteiger partial charge in [-0.15, -0.1) is 0 Å². The van der Waals surface area contributed by atoms with Crippen LogP contribution in [0.2, 0.25) is 0 Å². The fourth-order valence-electron chi connectivity index (χ4n) is 3.59. The standard InChI is InChI=1S/C17H27N3O6S2/c1-14-12-20(13-15(2)26-14)28(23,24)19-10-8-18(9-11-19)27(21,22)17-7-5-4-6-16(17)25-3/h4-7,14-15H,8-13H2,1-3H3. The van der Waals surface area contributed by atoms with Crippen molar-refractivity contribution in [2.45, 2.75) is 31.0 Å². The Morgan fingerprint density at radius 3 is 2.00 bits per heavy atom. The lowest BCUT2D eigenvalue weighted by Gasteiger charge is -2.40. The van der Waals surface area contributed by atoms with Crippen LogP contribution in [0.5, 0.6) is 5.75 Å². The first kappa shape index (κ1) is 21.5. The number of morpholine rings is 1. The maximum absolute atomic E-state index is 13.0. The fraction of sp³-hybridized carbons (Fsp3) is 0.647. The Morgan fingerprint density at radius 1 is 0.893 bits per heavy atom. The van der Waals surface area contributed by atoms with E-state index in [9.17, 15) is 16.8 Å². The zero-order valence-electron chi connectivity index (χ0n) is 16.3. The van der Waals surface area contributed by atoms with Gasteiger partial charge in [-0.25, -0.2) is 8.42 Å². The van der Waals surface area contributed by atoms with Crippen LogP contribution in [0.15, 0.2) is 29.2 Å². The van der Waals surface area contributed by atoms with Crippen LogP contribution in [0.25, 0.3) is 0 Å². The SMILES string of the molecule is COc1ccccc1S(=O)(=O)N1CCN(S(=O)(=O)N2CC(C)OC(C)C2)CC1. The number of hydrogen-bond donors (Lipinski definition) is 0. The van der Waals surface area contributed by atoms with E-state index >= 15 is 0 Å². The van der Waals surface area contributed by atoms with E-state index in [0.29, 0.717) is 13.1 Å². The molecule has 0 bridgehead atoms. The predicted molar refractivity (Wildman–Crippen MR) is 104 cm³/mol. The Morgan fingerprint density at radius 2 is 1.43 bits per heavy atom. The second-order valence-corrected chi connectivity index (χ2v) is 10.9. The van der Waals surface area contributed by atoms with Gasteiger partial charge in [0.25, 0.3) is 10.2 Å². The van der Waals surface area contributed by atoms with Gasteiger partial charge in [-0.2, -0.15) is 21.3 Å². The summed E-state index contributed by atoms with van der Waals surface area (Å²) in [6.07, 6.45) is -0.350. The van der Waals surface area contributed by atoms with Gasteiger partial charge in [-0.1, -0.05) is 12.1 Å². The molecule has 0 aromatic heterocycles. The van der Waals surface area contributed by atoms with Crippen molar-refractivity contribution < 1.29 is 26.3 Å². The average molecular weight is 434 g/mol. The van der Waals surface area contributed by atoms with Crippen molar-refractivity contribution in [2.24, 2.45) is 0 Å².